The van der Waals surface area contributed by atoms with Crippen LogP contribution in [-0.2, 0) is 14.3 Å². The van der Waals surface area contributed by atoms with E-state index in [1.807, 2.05) is 27.7 Å². The molecule has 15 heavy (non-hydrogen) atoms. The van der Waals surface area contributed by atoms with Crippen LogP contribution in [0.2, 0.25) is 0 Å². The lowest BCUT2D eigenvalue weighted by Crippen LogP contribution is -2.55. The molecule has 0 unspecified atom stereocenters. The van der Waals surface area contributed by atoms with Crippen LogP contribution >= 0.6 is 0 Å². The van der Waals surface area contributed by atoms with Crippen LogP contribution in [0.15, 0.2) is 4.99 Å². The van der Waals surface area contributed by atoms with Gasteiger partial charge in [-0.3, -0.25) is 0 Å². The molecule has 1 heterocycles. The van der Waals surface area contributed by atoms with Crippen LogP contribution in [-0.4, -0.2) is 30.6 Å². The van der Waals surface area contributed by atoms with E-state index in [4.69, 9.17) is 9.47 Å². The van der Waals surface area contributed by atoms with Gasteiger partial charge in [0.1, 0.15) is 6.04 Å². The summed E-state index contributed by atoms with van der Waals surface area (Å²) in [5.41, 5.74) is -1.04. The molecule has 86 valence electrons. The van der Waals surface area contributed by atoms with E-state index in [0.717, 1.165) is 0 Å². The molecule has 0 bridgehead atoms. The number of hydrogen-bond acceptors (Lipinski definition) is 4. The molecule has 0 saturated carbocycles. The van der Waals surface area contributed by atoms with Crippen molar-refractivity contribution >= 4 is 11.9 Å². The molecular formula is C11H19NO3. The average molecular weight is 213 g/mol. The van der Waals surface area contributed by atoms with E-state index in [0.29, 0.717) is 5.90 Å². The Kier molecular flexibility index (Phi) is 2.81. The van der Waals surface area contributed by atoms with E-state index in [2.05, 4.69) is 4.99 Å². The van der Waals surface area contributed by atoms with Crippen LogP contribution in [0.4, 0.5) is 0 Å². The van der Waals surface area contributed by atoms with Crippen molar-refractivity contribution in [3.63, 3.8) is 0 Å². The minimum Gasteiger partial charge on any atom is -0.481 e. The Morgan fingerprint density at radius 3 is 2.40 bits per heavy atom. The van der Waals surface area contributed by atoms with Gasteiger partial charge < -0.3 is 9.47 Å². The molecule has 0 aromatic heterocycles. The zero-order valence-corrected chi connectivity index (χ0v) is 10.2. The Morgan fingerprint density at radius 1 is 1.47 bits per heavy atom. The van der Waals surface area contributed by atoms with Crippen LogP contribution < -0.4 is 0 Å². The second-order valence-corrected chi connectivity index (χ2v) is 5.02. The van der Waals surface area contributed by atoms with Gasteiger partial charge in [0.2, 0.25) is 5.90 Å². The molecule has 1 aliphatic rings. The third-order valence-corrected chi connectivity index (χ3v) is 2.99. The number of cyclic esters (lactones) is 1. The molecule has 0 saturated heterocycles. The summed E-state index contributed by atoms with van der Waals surface area (Å²) in [6, 6.07) is -0.477. The Balaban J connectivity index is 3.19. The van der Waals surface area contributed by atoms with Gasteiger partial charge in [-0.2, -0.15) is 0 Å². The van der Waals surface area contributed by atoms with E-state index < -0.39 is 11.6 Å². The summed E-state index contributed by atoms with van der Waals surface area (Å²) in [6.07, 6.45) is 0. The van der Waals surface area contributed by atoms with E-state index in [1.165, 1.54) is 0 Å². The molecular weight excluding hydrogens is 194 g/mol. The van der Waals surface area contributed by atoms with Crippen molar-refractivity contribution in [2.24, 2.45) is 10.4 Å². The fourth-order valence-electron chi connectivity index (χ4n) is 1.40. The van der Waals surface area contributed by atoms with Gasteiger partial charge in [0.05, 0.1) is 7.11 Å². The van der Waals surface area contributed by atoms with Gasteiger partial charge in [0.15, 0.2) is 5.60 Å². The fourth-order valence-corrected chi connectivity index (χ4v) is 1.40. The first-order valence-electron chi connectivity index (χ1n) is 5.07. The molecule has 1 rings (SSSR count). The number of ether oxygens (including phenoxy) is 2. The Bertz CT molecular complexity index is 303. The first kappa shape index (κ1) is 12.0. The summed E-state index contributed by atoms with van der Waals surface area (Å²) >= 11 is 0. The van der Waals surface area contributed by atoms with Gasteiger partial charge in [-0.1, -0.05) is 20.8 Å². The van der Waals surface area contributed by atoms with Gasteiger partial charge in [0.25, 0.3) is 0 Å². The highest BCUT2D eigenvalue weighted by Gasteiger charge is 2.50. The van der Waals surface area contributed by atoms with Crippen LogP contribution in [0.1, 0.15) is 34.6 Å². The number of aliphatic imine (C=N–C) groups is 1. The SMILES string of the molecule is COC1=N[C@@H](C)C(=O)O[C@@]1(C)C(C)(C)C. The second-order valence-electron chi connectivity index (χ2n) is 5.02. The summed E-state index contributed by atoms with van der Waals surface area (Å²) in [6.45, 7) is 9.50. The van der Waals surface area contributed by atoms with Crippen LogP contribution in [0.25, 0.3) is 0 Å². The Hall–Kier alpha value is -1.06. The quantitative estimate of drug-likeness (QED) is 0.576. The summed E-state index contributed by atoms with van der Waals surface area (Å²) < 4.78 is 10.7. The van der Waals surface area contributed by atoms with E-state index in [-0.39, 0.29) is 11.4 Å². The van der Waals surface area contributed by atoms with E-state index >= 15 is 0 Å². The zero-order valence-electron chi connectivity index (χ0n) is 10.2. The lowest BCUT2D eigenvalue weighted by Gasteiger charge is -2.43. The standard InChI is InChI=1S/C11H19NO3/c1-7-8(13)15-11(5,10(2,3)4)9(12-7)14-6/h7H,1-6H3/t7-,11+/m0/s1. The molecule has 0 aromatic rings. The first-order chi connectivity index (χ1) is 6.72. The molecule has 2 atom stereocenters. The van der Waals surface area contributed by atoms with Crippen LogP contribution in [0.3, 0.4) is 0 Å². The number of esters is 1. The zero-order chi connectivity index (χ0) is 11.9. The van der Waals surface area contributed by atoms with Gasteiger partial charge in [-0.25, -0.2) is 9.79 Å². The minimum absolute atomic E-state index is 0.252. The predicted octanol–water partition coefficient (Wildman–Crippen LogP) is 1.78. The van der Waals surface area contributed by atoms with Crippen LogP contribution in [0.5, 0.6) is 0 Å². The van der Waals surface area contributed by atoms with Crippen molar-refractivity contribution < 1.29 is 14.3 Å². The van der Waals surface area contributed by atoms with Crippen molar-refractivity contribution in [2.45, 2.75) is 46.3 Å². The number of rotatable bonds is 0. The Morgan fingerprint density at radius 2 is 2.00 bits per heavy atom. The average Bonchev–Trinajstić information content (AvgIpc) is 2.09. The van der Waals surface area contributed by atoms with E-state index in [1.54, 1.807) is 14.0 Å². The normalized spacial score (nSPS) is 32.0. The van der Waals surface area contributed by atoms with Crippen molar-refractivity contribution in [1.82, 2.24) is 0 Å². The van der Waals surface area contributed by atoms with Gasteiger partial charge in [-0.15, -0.1) is 0 Å². The maximum atomic E-state index is 11.5. The molecule has 1 aliphatic heterocycles. The molecule has 0 aromatic carbocycles. The van der Waals surface area contributed by atoms with Crippen molar-refractivity contribution in [3.8, 4) is 0 Å². The van der Waals surface area contributed by atoms with Crippen molar-refractivity contribution in [3.05, 3.63) is 0 Å². The molecule has 0 spiro atoms. The third kappa shape index (κ3) is 1.85. The Labute approximate surface area is 90.7 Å². The molecule has 0 fully saturated rings. The molecule has 4 nitrogen and oxygen atoms in total. The second kappa shape index (κ2) is 3.51. The highest BCUT2D eigenvalue weighted by Crippen LogP contribution is 2.37. The lowest BCUT2D eigenvalue weighted by molar-refractivity contribution is -0.165. The topological polar surface area (TPSA) is 47.9 Å². The first-order valence-corrected chi connectivity index (χ1v) is 5.07. The number of hydrogen-bond donors (Lipinski definition) is 0. The number of carbonyl (C=O) groups excluding carboxylic acids is 1. The van der Waals surface area contributed by atoms with Crippen molar-refractivity contribution in [1.29, 1.82) is 0 Å². The lowest BCUT2D eigenvalue weighted by atomic mass is 9.76. The van der Waals surface area contributed by atoms with Crippen LogP contribution in [0, 0.1) is 5.41 Å². The number of carbonyl (C=O) groups is 1. The fraction of sp³-hybridized carbons (Fsp3) is 0.818. The summed E-state index contributed by atoms with van der Waals surface area (Å²) in [7, 11) is 1.55. The molecule has 0 radical (unpaired) electrons. The molecule has 0 aliphatic carbocycles. The number of methoxy groups -OCH3 is 1. The van der Waals surface area contributed by atoms with Gasteiger partial charge in [-0.05, 0) is 13.8 Å². The third-order valence-electron chi connectivity index (χ3n) is 2.99. The van der Waals surface area contributed by atoms with Gasteiger partial charge in [0, 0.05) is 5.41 Å². The largest absolute Gasteiger partial charge is 0.481 e. The minimum atomic E-state index is -0.786. The molecule has 4 heteroatoms. The predicted molar refractivity (Wildman–Crippen MR) is 57.9 cm³/mol. The highest BCUT2D eigenvalue weighted by atomic mass is 16.6. The molecule has 0 amide bonds. The summed E-state index contributed by atoms with van der Waals surface area (Å²) in [5, 5.41) is 0. The molecule has 0 N–H and O–H groups in total. The van der Waals surface area contributed by atoms with Gasteiger partial charge >= 0.3 is 5.97 Å². The monoisotopic (exact) mass is 213 g/mol. The summed E-state index contributed by atoms with van der Waals surface area (Å²) in [4.78, 5) is 15.8. The maximum absolute atomic E-state index is 11.5. The van der Waals surface area contributed by atoms with E-state index in [9.17, 15) is 4.79 Å². The maximum Gasteiger partial charge on any atom is 0.331 e. The number of nitrogens with zero attached hydrogens (tertiary/aromatic N) is 1. The highest BCUT2D eigenvalue weighted by molar-refractivity contribution is 5.94. The van der Waals surface area contributed by atoms with Crippen molar-refractivity contribution in [2.75, 3.05) is 7.11 Å². The smallest absolute Gasteiger partial charge is 0.331 e. The summed E-state index contributed by atoms with van der Waals surface area (Å²) in [5.74, 6) is 0.190.